The summed E-state index contributed by atoms with van der Waals surface area (Å²) in [7, 11) is 3.58. The lowest BCUT2D eigenvalue weighted by Crippen LogP contribution is -2.62. The van der Waals surface area contributed by atoms with Crippen LogP contribution in [0.1, 0.15) is 57.5 Å². The molecule has 1 aromatic carbocycles. The summed E-state index contributed by atoms with van der Waals surface area (Å²) in [6.45, 7) is 13.8. The summed E-state index contributed by atoms with van der Waals surface area (Å²) >= 11 is 0. The van der Waals surface area contributed by atoms with Crippen LogP contribution >= 0.6 is 0 Å². The molecule has 32 heavy (non-hydrogen) atoms. The van der Waals surface area contributed by atoms with Crippen molar-refractivity contribution in [3.8, 4) is 11.8 Å². The zero-order valence-electron chi connectivity index (χ0n) is 19.5. The van der Waals surface area contributed by atoms with Gasteiger partial charge in [0.1, 0.15) is 6.04 Å². The van der Waals surface area contributed by atoms with E-state index in [9.17, 15) is 9.59 Å². The SMILES string of the molecule is C.C=C.CC.CN(C)C(C)(C)C(NC(=O)c1ccc(C#CC2CC2CO)cc1)C(=O)NO. The third-order valence-electron chi connectivity index (χ3n) is 5.21. The van der Waals surface area contributed by atoms with Crippen LogP contribution in [0.25, 0.3) is 0 Å². The van der Waals surface area contributed by atoms with Crippen molar-refractivity contribution in [2.75, 3.05) is 20.7 Å². The highest BCUT2D eigenvalue weighted by Gasteiger charge is 2.38. The monoisotopic (exact) mass is 447 g/mol. The fraction of sp³-hybridized carbons (Fsp3) is 0.520. The van der Waals surface area contributed by atoms with Crippen LogP contribution in [0.15, 0.2) is 37.4 Å². The molecular formula is C25H41N3O4. The van der Waals surface area contributed by atoms with Gasteiger partial charge < -0.3 is 15.3 Å². The number of hydrogen-bond acceptors (Lipinski definition) is 5. The standard InChI is InChI=1S/C20H27N3O4.C2H6.C2H4.CH4/c1-20(2,23(3)4)17(19(26)22-27)21-18(25)14-8-5-13(6-9-14)7-10-15-11-16(15)12-24;2*1-2;/h5-6,8-9,15-17,24,27H,11-12H2,1-4H3,(H,21,25)(H,22,26);1-2H3;1-2H2;1H4. The molecule has 0 bridgehead atoms. The molecule has 0 aromatic heterocycles. The Morgan fingerprint density at radius 2 is 1.75 bits per heavy atom. The van der Waals surface area contributed by atoms with Crippen LogP contribution in [0.3, 0.4) is 0 Å². The van der Waals surface area contributed by atoms with E-state index in [1.807, 2.05) is 13.8 Å². The molecule has 1 aliphatic rings. The molecule has 2 rings (SSSR count). The minimum atomic E-state index is -0.949. The Bertz CT molecular complexity index is 764. The third kappa shape index (κ3) is 8.83. The molecule has 0 spiro atoms. The minimum absolute atomic E-state index is 0. The van der Waals surface area contributed by atoms with E-state index < -0.39 is 23.4 Å². The molecule has 0 aliphatic heterocycles. The molecule has 4 N–H and O–H groups in total. The van der Waals surface area contributed by atoms with Crippen molar-refractivity contribution in [2.45, 2.75) is 53.1 Å². The number of rotatable bonds is 6. The smallest absolute Gasteiger partial charge is 0.267 e. The Labute approximate surface area is 193 Å². The summed E-state index contributed by atoms with van der Waals surface area (Å²) in [5.41, 5.74) is 2.08. The first-order chi connectivity index (χ1) is 14.7. The van der Waals surface area contributed by atoms with Crippen molar-refractivity contribution >= 4 is 11.8 Å². The molecule has 7 heteroatoms. The molecule has 1 aromatic rings. The van der Waals surface area contributed by atoms with Crippen LogP contribution in [0, 0.1) is 23.7 Å². The fourth-order valence-corrected chi connectivity index (χ4v) is 2.61. The Morgan fingerprint density at radius 3 is 2.16 bits per heavy atom. The maximum atomic E-state index is 12.6. The number of aliphatic hydroxyl groups is 1. The number of nitrogens with one attached hydrogen (secondary N) is 2. The van der Waals surface area contributed by atoms with Gasteiger partial charge in [-0.3, -0.25) is 14.8 Å². The topological polar surface area (TPSA) is 102 Å². The van der Waals surface area contributed by atoms with Gasteiger partial charge in [-0.2, -0.15) is 0 Å². The lowest BCUT2D eigenvalue weighted by atomic mass is 9.92. The highest BCUT2D eigenvalue weighted by Crippen LogP contribution is 2.36. The Hall–Kier alpha value is -2.66. The quantitative estimate of drug-likeness (QED) is 0.232. The van der Waals surface area contributed by atoms with Crippen molar-refractivity contribution in [3.63, 3.8) is 0 Å². The normalized spacial score (nSPS) is 16.9. The van der Waals surface area contributed by atoms with Crippen molar-refractivity contribution < 1.29 is 19.9 Å². The van der Waals surface area contributed by atoms with Gasteiger partial charge in [0, 0.05) is 29.2 Å². The zero-order chi connectivity index (χ0) is 24.2. The van der Waals surface area contributed by atoms with E-state index in [1.165, 1.54) is 0 Å². The molecule has 1 aliphatic carbocycles. The van der Waals surface area contributed by atoms with E-state index in [2.05, 4.69) is 30.3 Å². The van der Waals surface area contributed by atoms with E-state index in [-0.39, 0.29) is 25.9 Å². The number of hydroxylamine groups is 1. The Balaban J connectivity index is 0. The summed E-state index contributed by atoms with van der Waals surface area (Å²) in [5, 5.41) is 20.7. The summed E-state index contributed by atoms with van der Waals surface area (Å²) in [4.78, 5) is 26.4. The van der Waals surface area contributed by atoms with Gasteiger partial charge in [0.15, 0.2) is 0 Å². The van der Waals surface area contributed by atoms with Gasteiger partial charge in [-0.1, -0.05) is 33.1 Å². The van der Waals surface area contributed by atoms with Crippen LogP contribution in [0.2, 0.25) is 0 Å². The van der Waals surface area contributed by atoms with E-state index in [1.54, 1.807) is 62.6 Å². The molecule has 1 fully saturated rings. The van der Waals surface area contributed by atoms with Gasteiger partial charge in [0.25, 0.3) is 11.8 Å². The molecule has 0 heterocycles. The molecule has 7 nitrogen and oxygen atoms in total. The lowest BCUT2D eigenvalue weighted by molar-refractivity contribution is -0.134. The molecule has 0 saturated heterocycles. The van der Waals surface area contributed by atoms with E-state index in [4.69, 9.17) is 10.3 Å². The third-order valence-corrected chi connectivity index (χ3v) is 5.21. The summed E-state index contributed by atoms with van der Waals surface area (Å²) < 4.78 is 0. The first kappa shape index (κ1) is 31.5. The van der Waals surface area contributed by atoms with Gasteiger partial charge in [0.2, 0.25) is 0 Å². The van der Waals surface area contributed by atoms with Crippen LogP contribution in [-0.2, 0) is 4.79 Å². The van der Waals surface area contributed by atoms with Crippen LogP contribution < -0.4 is 10.8 Å². The average Bonchev–Trinajstić information content (AvgIpc) is 3.57. The van der Waals surface area contributed by atoms with E-state index in [0.29, 0.717) is 5.56 Å². The molecular weight excluding hydrogens is 406 g/mol. The Morgan fingerprint density at radius 1 is 1.22 bits per heavy atom. The highest BCUT2D eigenvalue weighted by molar-refractivity contribution is 5.97. The first-order valence-electron chi connectivity index (χ1n) is 10.4. The second kappa shape index (κ2) is 15.2. The molecule has 2 amide bonds. The predicted octanol–water partition coefficient (Wildman–Crippen LogP) is 3.08. The number of amides is 2. The first-order valence-corrected chi connectivity index (χ1v) is 10.4. The van der Waals surface area contributed by atoms with Crippen LogP contribution in [-0.4, -0.2) is 59.3 Å². The summed E-state index contributed by atoms with van der Waals surface area (Å²) in [6, 6.07) is 5.83. The predicted molar refractivity (Wildman–Crippen MR) is 130 cm³/mol. The van der Waals surface area contributed by atoms with Crippen molar-refractivity contribution in [1.29, 1.82) is 0 Å². The number of carbonyl (C=O) groups excluding carboxylic acids is 2. The van der Waals surface area contributed by atoms with Gasteiger partial charge in [-0.15, -0.1) is 13.2 Å². The van der Waals surface area contributed by atoms with Crippen molar-refractivity contribution in [3.05, 3.63) is 48.6 Å². The summed E-state index contributed by atoms with van der Waals surface area (Å²) in [5.74, 6) is 5.60. The largest absolute Gasteiger partial charge is 0.396 e. The van der Waals surface area contributed by atoms with Crippen LogP contribution in [0.4, 0.5) is 0 Å². The zero-order valence-corrected chi connectivity index (χ0v) is 19.5. The highest BCUT2D eigenvalue weighted by atomic mass is 16.5. The number of aliphatic hydroxyl groups excluding tert-OH is 1. The molecule has 3 unspecified atom stereocenters. The van der Waals surface area contributed by atoms with Gasteiger partial charge >= 0.3 is 0 Å². The fourth-order valence-electron chi connectivity index (χ4n) is 2.61. The number of likely N-dealkylation sites (N-methyl/N-ethyl adjacent to an activating group) is 1. The Kier molecular flexibility index (Phi) is 15.0. The molecule has 0 radical (unpaired) electrons. The average molecular weight is 448 g/mol. The summed E-state index contributed by atoms with van der Waals surface area (Å²) in [6.07, 6.45) is 0.931. The maximum Gasteiger partial charge on any atom is 0.267 e. The molecule has 1 saturated carbocycles. The second-order valence-electron chi connectivity index (χ2n) is 7.56. The maximum absolute atomic E-state index is 12.6. The van der Waals surface area contributed by atoms with Crippen molar-refractivity contribution in [1.82, 2.24) is 15.7 Å². The second-order valence-corrected chi connectivity index (χ2v) is 7.56. The number of hydrogen-bond donors (Lipinski definition) is 4. The van der Waals surface area contributed by atoms with Crippen LogP contribution in [0.5, 0.6) is 0 Å². The van der Waals surface area contributed by atoms with Crippen molar-refractivity contribution in [2.24, 2.45) is 11.8 Å². The minimum Gasteiger partial charge on any atom is -0.396 e. The van der Waals surface area contributed by atoms with Gasteiger partial charge in [-0.05, 0) is 64.5 Å². The van der Waals surface area contributed by atoms with E-state index in [0.717, 1.165) is 12.0 Å². The lowest BCUT2D eigenvalue weighted by Gasteiger charge is -2.38. The number of carbonyl (C=O) groups is 2. The van der Waals surface area contributed by atoms with E-state index >= 15 is 0 Å². The number of nitrogens with zero attached hydrogens (tertiary/aromatic N) is 1. The van der Waals surface area contributed by atoms with Gasteiger partial charge in [-0.25, -0.2) is 5.48 Å². The van der Waals surface area contributed by atoms with Gasteiger partial charge in [0.05, 0.1) is 0 Å². The molecule has 180 valence electrons. The molecule has 3 atom stereocenters. The number of benzene rings is 1.